The highest BCUT2D eigenvalue weighted by atomic mass is 32.2. The van der Waals surface area contributed by atoms with Gasteiger partial charge in [-0.2, -0.15) is 0 Å². The smallest absolute Gasteiger partial charge is 0.341 e. The van der Waals surface area contributed by atoms with E-state index in [9.17, 15) is 19.2 Å². The molecule has 1 aromatic heterocycles. The zero-order valence-corrected chi connectivity index (χ0v) is 31.4. The summed E-state index contributed by atoms with van der Waals surface area (Å²) in [6, 6.07) is 33.9. The van der Waals surface area contributed by atoms with E-state index in [1.807, 2.05) is 61.5 Å². The number of fused-ring (bicyclic) bond motifs is 1. The summed E-state index contributed by atoms with van der Waals surface area (Å²) in [5.41, 5.74) is 5.54. The number of rotatable bonds is 12. The van der Waals surface area contributed by atoms with Gasteiger partial charge in [-0.05, 0) is 99.0 Å². The van der Waals surface area contributed by atoms with Gasteiger partial charge in [-0.25, -0.2) is 4.79 Å². The third-order valence-corrected chi connectivity index (χ3v) is 11.2. The van der Waals surface area contributed by atoms with Crippen LogP contribution in [-0.2, 0) is 27.2 Å². The van der Waals surface area contributed by atoms with Crippen molar-refractivity contribution in [1.82, 2.24) is 5.32 Å². The Labute approximate surface area is 318 Å². The Hall–Kier alpha value is -5.45. The number of esters is 1. The Kier molecular flexibility index (Phi) is 12.2. The quantitative estimate of drug-likeness (QED) is 0.0668. The number of anilines is 2. The number of nitrogens with one attached hydrogen (secondary N) is 3. The van der Waals surface area contributed by atoms with Gasteiger partial charge < -0.3 is 20.7 Å². The molecule has 10 heteroatoms. The van der Waals surface area contributed by atoms with E-state index < -0.39 is 23.0 Å². The Bertz CT molecular complexity index is 2130. The Balaban J connectivity index is 1.15. The van der Waals surface area contributed by atoms with Crippen LogP contribution < -0.4 is 16.0 Å². The van der Waals surface area contributed by atoms with Crippen LogP contribution in [0.15, 0.2) is 120 Å². The van der Waals surface area contributed by atoms with Crippen molar-refractivity contribution < 1.29 is 23.9 Å². The number of hydrogen-bond donors (Lipinski definition) is 3. The zero-order chi connectivity index (χ0) is 37.3. The molecule has 0 radical (unpaired) electrons. The number of benzene rings is 4. The van der Waals surface area contributed by atoms with Crippen LogP contribution in [0.1, 0.15) is 74.0 Å². The molecule has 0 fully saturated rings. The largest absolute Gasteiger partial charge is 0.462 e. The average molecular weight is 744 g/mol. The lowest BCUT2D eigenvalue weighted by molar-refractivity contribution is -0.115. The van der Waals surface area contributed by atoms with Gasteiger partial charge in [-0.15, -0.1) is 23.1 Å². The monoisotopic (exact) mass is 743 g/mol. The van der Waals surface area contributed by atoms with Crippen molar-refractivity contribution in [3.05, 3.63) is 153 Å². The predicted molar refractivity (Wildman–Crippen MR) is 214 cm³/mol. The maximum Gasteiger partial charge on any atom is 0.341 e. The molecule has 53 heavy (non-hydrogen) atoms. The van der Waals surface area contributed by atoms with Crippen molar-refractivity contribution >= 4 is 63.6 Å². The standard InChI is InChI=1S/C43H41N3O5S2/c1-4-51-43(50)38-35-23-22-32(30-12-7-5-8-13-30)25-37(35)53-42(38)46-39(47)28(3)52-34-17-11-16-33(26-34)44-41(49)36(24-29-20-18-27(2)19-21-29)45-40(48)31-14-9-6-10-15-31/h5-21,24,26,28,32H,4,22-23,25H2,1-3H3,(H,44,49)(H,45,48)(H,46,47)/b36-24-. The topological polar surface area (TPSA) is 114 Å². The van der Waals surface area contributed by atoms with Crippen LogP contribution in [0, 0.1) is 6.92 Å². The molecule has 0 bridgehead atoms. The van der Waals surface area contributed by atoms with E-state index in [4.69, 9.17) is 4.74 Å². The second-order valence-electron chi connectivity index (χ2n) is 12.8. The second-order valence-corrected chi connectivity index (χ2v) is 15.3. The molecule has 0 saturated heterocycles. The summed E-state index contributed by atoms with van der Waals surface area (Å²) in [7, 11) is 0. The van der Waals surface area contributed by atoms with E-state index in [2.05, 4.69) is 28.1 Å². The summed E-state index contributed by atoms with van der Waals surface area (Å²) < 4.78 is 5.43. The van der Waals surface area contributed by atoms with Gasteiger partial charge in [0.25, 0.3) is 11.8 Å². The highest BCUT2D eigenvalue weighted by Gasteiger charge is 2.31. The minimum atomic E-state index is -0.533. The Morgan fingerprint density at radius 2 is 1.62 bits per heavy atom. The number of carbonyl (C=O) groups excluding carboxylic acids is 4. The van der Waals surface area contributed by atoms with Crippen molar-refractivity contribution in [2.75, 3.05) is 17.2 Å². The van der Waals surface area contributed by atoms with Crippen LogP contribution in [0.2, 0.25) is 0 Å². The van der Waals surface area contributed by atoms with E-state index in [1.54, 1.807) is 62.4 Å². The highest BCUT2D eigenvalue weighted by Crippen LogP contribution is 2.43. The number of amides is 3. The first-order chi connectivity index (χ1) is 25.7. The molecule has 2 atom stereocenters. The first kappa shape index (κ1) is 37.3. The molecule has 2 unspecified atom stereocenters. The van der Waals surface area contributed by atoms with Gasteiger partial charge in [0.15, 0.2) is 0 Å². The Morgan fingerprint density at radius 3 is 2.34 bits per heavy atom. The first-order valence-electron chi connectivity index (χ1n) is 17.6. The van der Waals surface area contributed by atoms with Gasteiger partial charge >= 0.3 is 5.97 Å². The molecule has 5 aromatic rings. The number of ether oxygens (including phenoxy) is 1. The lowest BCUT2D eigenvalue weighted by atomic mass is 9.83. The fourth-order valence-electron chi connectivity index (χ4n) is 6.19. The molecule has 8 nitrogen and oxygen atoms in total. The predicted octanol–water partition coefficient (Wildman–Crippen LogP) is 9.03. The van der Waals surface area contributed by atoms with Gasteiger partial charge in [0.2, 0.25) is 5.91 Å². The van der Waals surface area contributed by atoms with Crippen LogP contribution in [0.25, 0.3) is 6.08 Å². The van der Waals surface area contributed by atoms with Crippen molar-refractivity contribution in [3.63, 3.8) is 0 Å². The average Bonchev–Trinajstić information content (AvgIpc) is 3.53. The molecule has 6 rings (SSSR count). The van der Waals surface area contributed by atoms with E-state index in [0.29, 0.717) is 27.7 Å². The molecule has 3 N–H and O–H groups in total. The van der Waals surface area contributed by atoms with Crippen LogP contribution in [0.5, 0.6) is 0 Å². The summed E-state index contributed by atoms with van der Waals surface area (Å²) in [6.07, 6.45) is 4.08. The molecule has 0 aliphatic heterocycles. The summed E-state index contributed by atoms with van der Waals surface area (Å²) in [4.78, 5) is 55.3. The number of hydrogen-bond acceptors (Lipinski definition) is 7. The molecule has 0 spiro atoms. The van der Waals surface area contributed by atoms with E-state index in [-0.39, 0.29) is 18.2 Å². The molecular formula is C43H41N3O5S2. The molecule has 1 aliphatic carbocycles. The molecule has 1 aliphatic rings. The Morgan fingerprint density at radius 1 is 0.906 bits per heavy atom. The maximum absolute atomic E-state index is 13.6. The molecular weight excluding hydrogens is 703 g/mol. The number of thiophene rings is 1. The van der Waals surface area contributed by atoms with Gasteiger partial charge in [0, 0.05) is 21.0 Å². The zero-order valence-electron chi connectivity index (χ0n) is 29.8. The first-order valence-corrected chi connectivity index (χ1v) is 19.3. The lowest BCUT2D eigenvalue weighted by Gasteiger charge is -2.23. The second kappa shape index (κ2) is 17.4. The third kappa shape index (κ3) is 9.51. The minimum Gasteiger partial charge on any atom is -0.462 e. The molecule has 0 saturated carbocycles. The summed E-state index contributed by atoms with van der Waals surface area (Å²) in [6.45, 7) is 5.79. The third-order valence-electron chi connectivity index (χ3n) is 8.94. The molecule has 1 heterocycles. The normalized spacial score (nSPS) is 14.4. The van der Waals surface area contributed by atoms with Crippen LogP contribution in [-0.4, -0.2) is 35.5 Å². The van der Waals surface area contributed by atoms with Gasteiger partial charge in [-0.1, -0.05) is 84.4 Å². The van der Waals surface area contributed by atoms with Crippen molar-refractivity contribution in [2.45, 2.75) is 56.1 Å². The van der Waals surface area contributed by atoms with Crippen molar-refractivity contribution in [3.8, 4) is 0 Å². The minimum absolute atomic E-state index is 0.0830. The van der Waals surface area contributed by atoms with Crippen molar-refractivity contribution in [1.29, 1.82) is 0 Å². The van der Waals surface area contributed by atoms with Crippen LogP contribution in [0.3, 0.4) is 0 Å². The molecule has 3 amide bonds. The number of aryl methyl sites for hydroxylation is 1. The lowest BCUT2D eigenvalue weighted by Crippen LogP contribution is -2.30. The highest BCUT2D eigenvalue weighted by molar-refractivity contribution is 8.00. The van der Waals surface area contributed by atoms with Crippen LogP contribution in [0.4, 0.5) is 10.7 Å². The molecule has 4 aromatic carbocycles. The molecule has 270 valence electrons. The van der Waals surface area contributed by atoms with E-state index >= 15 is 0 Å². The van der Waals surface area contributed by atoms with Gasteiger partial charge in [0.1, 0.15) is 10.7 Å². The maximum atomic E-state index is 13.6. The van der Waals surface area contributed by atoms with E-state index in [1.165, 1.54) is 28.7 Å². The van der Waals surface area contributed by atoms with Crippen LogP contribution >= 0.6 is 23.1 Å². The summed E-state index contributed by atoms with van der Waals surface area (Å²) >= 11 is 2.79. The fraction of sp³-hybridized carbons (Fsp3) is 0.209. The summed E-state index contributed by atoms with van der Waals surface area (Å²) in [5, 5.41) is 8.70. The number of carbonyl (C=O) groups is 4. The van der Waals surface area contributed by atoms with Crippen molar-refractivity contribution in [2.24, 2.45) is 0 Å². The van der Waals surface area contributed by atoms with E-state index in [0.717, 1.165) is 45.7 Å². The number of thioether (sulfide) groups is 1. The van der Waals surface area contributed by atoms with Gasteiger partial charge in [0.05, 0.1) is 17.4 Å². The van der Waals surface area contributed by atoms with Gasteiger partial charge in [-0.3, -0.25) is 14.4 Å². The SMILES string of the molecule is CCOC(=O)c1c(NC(=O)C(C)Sc2cccc(NC(=O)/C(=C/c3ccc(C)cc3)NC(=O)c3ccccc3)c2)sc2c1CCC(c1ccccc1)C2. The fourth-order valence-corrected chi connectivity index (χ4v) is 8.44. The summed E-state index contributed by atoms with van der Waals surface area (Å²) in [5.74, 6) is -1.22.